The summed E-state index contributed by atoms with van der Waals surface area (Å²) in [6.45, 7) is 6.38. The largest absolute Gasteiger partial charge is 1.00 e. The highest BCUT2D eigenvalue weighted by Crippen LogP contribution is 2.31. The van der Waals surface area contributed by atoms with Gasteiger partial charge < -0.3 is 33.5 Å². The molecule has 4 heteroatoms. The van der Waals surface area contributed by atoms with Crippen molar-refractivity contribution in [2.24, 2.45) is 0 Å². The van der Waals surface area contributed by atoms with Crippen LogP contribution in [0.3, 0.4) is 0 Å². The molecule has 1 heterocycles. The minimum Gasteiger partial charge on any atom is -1.00 e. The number of fused-ring (bicyclic) bond motifs is 1. The van der Waals surface area contributed by atoms with Crippen molar-refractivity contribution in [1.29, 1.82) is 0 Å². The fourth-order valence-corrected chi connectivity index (χ4v) is 2.09. The van der Waals surface area contributed by atoms with Crippen molar-refractivity contribution in [2.45, 2.75) is 20.3 Å². The van der Waals surface area contributed by atoms with Crippen molar-refractivity contribution in [3.63, 3.8) is 0 Å². The van der Waals surface area contributed by atoms with E-state index in [-0.39, 0.29) is 24.0 Å². The molecule has 0 atom stereocenters. The molecule has 0 aromatic heterocycles. The highest BCUT2D eigenvalue weighted by atomic mass is 127. The molecule has 0 unspecified atom stereocenters. The molecule has 1 aromatic carbocycles. The van der Waals surface area contributed by atoms with Gasteiger partial charge in [0.2, 0.25) is 0 Å². The molecule has 0 N–H and O–H groups in total. The molecule has 0 aliphatic carbocycles. The van der Waals surface area contributed by atoms with Gasteiger partial charge in [-0.1, -0.05) is 0 Å². The molecular weight excluding hydrogens is 341 g/mol. The number of nitrogens with zero attached hydrogens (tertiary/aromatic N) is 1. The van der Waals surface area contributed by atoms with Gasteiger partial charge in [-0.25, -0.2) is 4.58 Å². The number of hydrogen-bond donors (Lipinski definition) is 0. The molecule has 0 spiro atoms. The highest BCUT2D eigenvalue weighted by molar-refractivity contribution is 5.80. The number of benzene rings is 1. The van der Waals surface area contributed by atoms with Crippen LogP contribution < -0.4 is 33.5 Å². The Morgan fingerprint density at radius 3 is 2.33 bits per heavy atom. The van der Waals surface area contributed by atoms with Gasteiger partial charge in [-0.15, -0.1) is 0 Å². The van der Waals surface area contributed by atoms with Gasteiger partial charge >= 0.3 is 0 Å². The quantitative estimate of drug-likeness (QED) is 0.513. The van der Waals surface area contributed by atoms with Gasteiger partial charge in [0, 0.05) is 12.0 Å². The average Bonchev–Trinajstić information content (AvgIpc) is 2.31. The van der Waals surface area contributed by atoms with Gasteiger partial charge in [-0.05, 0) is 31.5 Å². The maximum absolute atomic E-state index is 5.63. The third-order valence-electron chi connectivity index (χ3n) is 2.90. The molecule has 1 aromatic rings. The Bertz CT molecular complexity index is 444. The van der Waals surface area contributed by atoms with Crippen molar-refractivity contribution >= 4 is 6.21 Å². The van der Waals surface area contributed by atoms with Gasteiger partial charge in [0.05, 0.1) is 13.2 Å². The minimum atomic E-state index is 0. The Balaban J connectivity index is 0.00000162. The second kappa shape index (κ2) is 6.97. The van der Waals surface area contributed by atoms with Crippen molar-refractivity contribution in [1.82, 2.24) is 0 Å². The van der Waals surface area contributed by atoms with Gasteiger partial charge in [0.25, 0.3) is 0 Å². The van der Waals surface area contributed by atoms with Crippen LogP contribution in [0.5, 0.6) is 11.5 Å². The van der Waals surface area contributed by atoms with Crippen molar-refractivity contribution in [2.75, 3.05) is 26.8 Å². The molecule has 0 amide bonds. The topological polar surface area (TPSA) is 21.5 Å². The summed E-state index contributed by atoms with van der Waals surface area (Å²) >= 11 is 0. The zero-order valence-electron chi connectivity index (χ0n) is 11.2. The Labute approximate surface area is 126 Å². The molecule has 3 nitrogen and oxygen atoms in total. The standard InChI is InChI=1S/C14H20NO2.HI/c1-4-16-13-8-11-6-7-15(3)10-12(11)9-14(13)17-5-2;/h8-10H,4-7H2,1-3H3;1H/q+1;/p-1. The molecular formula is C14H20INO2. The van der Waals surface area contributed by atoms with E-state index in [1.54, 1.807) is 0 Å². The van der Waals surface area contributed by atoms with Gasteiger partial charge in [0.1, 0.15) is 13.6 Å². The molecule has 2 rings (SSSR count). The zero-order chi connectivity index (χ0) is 12.3. The van der Waals surface area contributed by atoms with E-state index in [1.165, 1.54) is 11.1 Å². The zero-order valence-corrected chi connectivity index (χ0v) is 13.4. The van der Waals surface area contributed by atoms with Crippen LogP contribution in [0.2, 0.25) is 0 Å². The number of rotatable bonds is 4. The van der Waals surface area contributed by atoms with Crippen LogP contribution in [0.25, 0.3) is 0 Å². The highest BCUT2D eigenvalue weighted by Gasteiger charge is 2.17. The predicted molar refractivity (Wildman–Crippen MR) is 68.7 cm³/mol. The fraction of sp³-hybridized carbons (Fsp3) is 0.500. The molecule has 0 saturated carbocycles. The molecule has 0 fully saturated rings. The van der Waals surface area contributed by atoms with Gasteiger partial charge in [-0.3, -0.25) is 0 Å². The summed E-state index contributed by atoms with van der Waals surface area (Å²) in [5.74, 6) is 1.71. The maximum Gasteiger partial charge on any atom is 0.170 e. The SMILES string of the molecule is CCOc1cc2c(cc1OCC)CC[N+](C)=C2.[I-]. The predicted octanol–water partition coefficient (Wildman–Crippen LogP) is -0.895. The van der Waals surface area contributed by atoms with E-state index < -0.39 is 0 Å². The van der Waals surface area contributed by atoms with E-state index in [0.717, 1.165) is 24.5 Å². The van der Waals surface area contributed by atoms with E-state index >= 15 is 0 Å². The Morgan fingerprint density at radius 2 is 1.72 bits per heavy atom. The first kappa shape index (κ1) is 15.3. The summed E-state index contributed by atoms with van der Waals surface area (Å²) in [5.41, 5.74) is 2.58. The molecule has 100 valence electrons. The van der Waals surface area contributed by atoms with Crippen molar-refractivity contribution in [3.05, 3.63) is 23.3 Å². The van der Waals surface area contributed by atoms with E-state index in [2.05, 4.69) is 30.0 Å². The molecule has 1 aliphatic rings. The first-order valence-corrected chi connectivity index (χ1v) is 6.22. The van der Waals surface area contributed by atoms with E-state index in [0.29, 0.717) is 13.2 Å². The van der Waals surface area contributed by atoms with Crippen LogP contribution in [-0.2, 0) is 6.42 Å². The number of halogens is 1. The van der Waals surface area contributed by atoms with Crippen LogP contribution in [0.15, 0.2) is 12.1 Å². The number of likely N-dealkylation sites (N-methyl/N-ethyl adjacent to an activating group) is 1. The number of hydrogen-bond acceptors (Lipinski definition) is 2. The Morgan fingerprint density at radius 1 is 1.11 bits per heavy atom. The van der Waals surface area contributed by atoms with Crippen molar-refractivity contribution in [3.8, 4) is 11.5 Å². The van der Waals surface area contributed by atoms with Crippen LogP contribution >= 0.6 is 0 Å². The molecule has 0 radical (unpaired) electrons. The van der Waals surface area contributed by atoms with E-state index in [9.17, 15) is 0 Å². The summed E-state index contributed by atoms with van der Waals surface area (Å²) in [6, 6.07) is 4.20. The second-order valence-electron chi connectivity index (χ2n) is 4.22. The molecule has 0 saturated heterocycles. The van der Waals surface area contributed by atoms with Crippen LogP contribution in [0.1, 0.15) is 25.0 Å². The second-order valence-corrected chi connectivity index (χ2v) is 4.22. The van der Waals surface area contributed by atoms with E-state index in [1.807, 2.05) is 13.8 Å². The summed E-state index contributed by atoms with van der Waals surface area (Å²) < 4.78 is 13.5. The third-order valence-corrected chi connectivity index (χ3v) is 2.90. The monoisotopic (exact) mass is 361 g/mol. The van der Waals surface area contributed by atoms with Gasteiger partial charge in [-0.2, -0.15) is 0 Å². The van der Waals surface area contributed by atoms with Gasteiger partial charge in [0.15, 0.2) is 17.7 Å². The minimum absolute atomic E-state index is 0. The average molecular weight is 361 g/mol. The Kier molecular flexibility index (Phi) is 5.91. The normalized spacial score (nSPS) is 13.2. The number of ether oxygens (including phenoxy) is 2. The summed E-state index contributed by atoms with van der Waals surface area (Å²) in [4.78, 5) is 0. The fourth-order valence-electron chi connectivity index (χ4n) is 2.09. The lowest BCUT2D eigenvalue weighted by Crippen LogP contribution is -3.00. The summed E-state index contributed by atoms with van der Waals surface area (Å²) in [7, 11) is 2.10. The van der Waals surface area contributed by atoms with Crippen LogP contribution in [-0.4, -0.2) is 37.6 Å². The smallest absolute Gasteiger partial charge is 0.170 e. The molecule has 1 aliphatic heterocycles. The lowest BCUT2D eigenvalue weighted by molar-refractivity contribution is -0.493. The lowest BCUT2D eigenvalue weighted by Gasteiger charge is -2.16. The first-order valence-electron chi connectivity index (χ1n) is 6.22. The molecule has 0 bridgehead atoms. The first-order chi connectivity index (χ1) is 8.24. The van der Waals surface area contributed by atoms with Crippen LogP contribution in [0.4, 0.5) is 0 Å². The summed E-state index contributed by atoms with van der Waals surface area (Å²) in [6.07, 6.45) is 3.23. The lowest BCUT2D eigenvalue weighted by atomic mass is 10.0. The van der Waals surface area contributed by atoms with Crippen LogP contribution in [0, 0.1) is 0 Å². The van der Waals surface area contributed by atoms with E-state index in [4.69, 9.17) is 9.47 Å². The Hall–Kier alpha value is -0.780. The maximum atomic E-state index is 5.63. The summed E-state index contributed by atoms with van der Waals surface area (Å²) in [5, 5.41) is 0. The van der Waals surface area contributed by atoms with Crippen molar-refractivity contribution < 1.29 is 38.0 Å². The third kappa shape index (κ3) is 3.37. The molecule has 18 heavy (non-hydrogen) atoms.